The number of nitrogens with zero attached hydrogens (tertiary/aromatic N) is 2. The number of unbranched alkanes of at least 4 members (excludes halogenated alkanes) is 1. The number of aliphatic imine (C=N–C) groups is 1. The van der Waals surface area contributed by atoms with Gasteiger partial charge in [-0.3, -0.25) is 4.79 Å². The van der Waals surface area contributed by atoms with Gasteiger partial charge in [-0.1, -0.05) is 49.8 Å². The van der Waals surface area contributed by atoms with Gasteiger partial charge in [0.25, 0.3) is 0 Å². The molecule has 1 aliphatic heterocycles. The molecule has 4 N–H and O–H groups in total. The number of guanidine groups is 1. The molecule has 0 saturated carbocycles. The number of hydrogen-bond acceptors (Lipinski definition) is 3. The minimum Gasteiger partial charge on any atom is -0.370 e. The zero-order valence-electron chi connectivity index (χ0n) is 14.9. The average Bonchev–Trinajstić information content (AvgIpc) is 2.65. The molecular formula is C21H24N4O. The van der Waals surface area contributed by atoms with E-state index in [4.69, 9.17) is 11.5 Å². The van der Waals surface area contributed by atoms with Crippen molar-refractivity contribution in [2.24, 2.45) is 16.5 Å². The summed E-state index contributed by atoms with van der Waals surface area (Å²) in [6, 6.07) is 7.16. The Morgan fingerprint density at radius 2 is 2.08 bits per heavy atom. The Morgan fingerprint density at radius 3 is 2.85 bits per heavy atom. The second kappa shape index (κ2) is 7.87. The maximum Gasteiger partial charge on any atom is 0.193 e. The molecular weight excluding hydrogens is 324 g/mol. The number of carbonyl (C=O) groups excluding carboxylic acids is 1. The fourth-order valence-corrected chi connectivity index (χ4v) is 3.21. The van der Waals surface area contributed by atoms with Gasteiger partial charge in [0.15, 0.2) is 11.7 Å². The maximum absolute atomic E-state index is 13.1. The van der Waals surface area contributed by atoms with Crippen LogP contribution in [0.5, 0.6) is 0 Å². The van der Waals surface area contributed by atoms with Gasteiger partial charge in [0.2, 0.25) is 0 Å². The number of allylic oxidation sites excluding steroid dienone is 4. The fraction of sp³-hybridized carbons (Fsp3) is 0.238. The Kier molecular flexibility index (Phi) is 5.37. The van der Waals surface area contributed by atoms with Gasteiger partial charge in [-0.25, -0.2) is 4.99 Å². The third-order valence-corrected chi connectivity index (χ3v) is 4.48. The highest BCUT2D eigenvalue weighted by Crippen LogP contribution is 2.29. The summed E-state index contributed by atoms with van der Waals surface area (Å²) in [7, 11) is 0. The Morgan fingerprint density at radius 1 is 1.23 bits per heavy atom. The van der Waals surface area contributed by atoms with Crippen molar-refractivity contribution in [1.29, 1.82) is 0 Å². The van der Waals surface area contributed by atoms with E-state index in [-0.39, 0.29) is 17.8 Å². The lowest BCUT2D eigenvalue weighted by Crippen LogP contribution is -2.35. The predicted molar refractivity (Wildman–Crippen MR) is 106 cm³/mol. The van der Waals surface area contributed by atoms with E-state index in [0.29, 0.717) is 16.8 Å². The molecule has 3 rings (SSSR count). The molecule has 0 radical (unpaired) electrons. The van der Waals surface area contributed by atoms with Crippen molar-refractivity contribution >= 4 is 17.4 Å². The van der Waals surface area contributed by atoms with Crippen LogP contribution >= 0.6 is 0 Å². The van der Waals surface area contributed by atoms with Crippen LogP contribution in [0.1, 0.15) is 30.1 Å². The highest BCUT2D eigenvalue weighted by atomic mass is 16.1. The van der Waals surface area contributed by atoms with Gasteiger partial charge in [0.05, 0.1) is 11.7 Å². The normalized spacial score (nSPS) is 18.0. The highest BCUT2D eigenvalue weighted by Gasteiger charge is 2.26. The molecule has 0 aromatic heterocycles. The summed E-state index contributed by atoms with van der Waals surface area (Å²) >= 11 is 0. The van der Waals surface area contributed by atoms with E-state index in [1.807, 2.05) is 30.5 Å². The largest absolute Gasteiger partial charge is 0.370 e. The minimum absolute atomic E-state index is 0.0241. The summed E-state index contributed by atoms with van der Waals surface area (Å²) in [4.78, 5) is 19.4. The summed E-state index contributed by atoms with van der Waals surface area (Å²) in [5.74, 6) is -0.0508. The Labute approximate surface area is 154 Å². The molecule has 0 bridgehead atoms. The first-order valence-corrected chi connectivity index (χ1v) is 8.87. The van der Waals surface area contributed by atoms with E-state index in [2.05, 4.69) is 22.9 Å². The molecule has 5 heteroatoms. The number of Topliss-reactive ketones (excluding diaryl/α,β-unsaturated/α-hetero) is 1. The van der Waals surface area contributed by atoms with E-state index in [1.165, 1.54) is 0 Å². The maximum atomic E-state index is 13.1. The molecule has 0 spiro atoms. The van der Waals surface area contributed by atoms with E-state index in [1.54, 1.807) is 24.3 Å². The Bertz CT molecular complexity index is 841. The Hall–Kier alpha value is -3.08. The summed E-state index contributed by atoms with van der Waals surface area (Å²) < 4.78 is 0. The van der Waals surface area contributed by atoms with E-state index in [0.717, 1.165) is 25.0 Å². The molecule has 26 heavy (non-hydrogen) atoms. The van der Waals surface area contributed by atoms with Gasteiger partial charge in [-0.15, -0.1) is 0 Å². The van der Waals surface area contributed by atoms with Crippen LogP contribution in [0.3, 0.4) is 0 Å². The van der Waals surface area contributed by atoms with Crippen LogP contribution < -0.4 is 11.5 Å². The van der Waals surface area contributed by atoms with Gasteiger partial charge < -0.3 is 16.4 Å². The second-order valence-electron chi connectivity index (χ2n) is 6.38. The average molecular weight is 348 g/mol. The molecule has 0 saturated heterocycles. The zero-order chi connectivity index (χ0) is 18.5. The van der Waals surface area contributed by atoms with Gasteiger partial charge in [0.1, 0.15) is 0 Å². The lowest BCUT2D eigenvalue weighted by atomic mass is 9.88. The fourth-order valence-electron chi connectivity index (χ4n) is 3.21. The van der Waals surface area contributed by atoms with Gasteiger partial charge in [-0.05, 0) is 30.2 Å². The number of benzene rings is 1. The molecule has 1 aromatic carbocycles. The van der Waals surface area contributed by atoms with Crippen molar-refractivity contribution in [3.63, 3.8) is 0 Å². The number of fused-ring (bicyclic) bond motifs is 1. The van der Waals surface area contributed by atoms with E-state index >= 15 is 0 Å². The number of rotatable bonds is 6. The summed E-state index contributed by atoms with van der Waals surface area (Å²) in [5.41, 5.74) is 13.8. The molecule has 1 aliphatic carbocycles. The standard InChI is InChI=1S/C21H24N4O/c1-2-3-12-25-13-11-18(17-9-4-5-10-19(17)25)20(26)15-7-6-8-16(14-15)24-21(22)23/h4-11,13-14,19H,2-3,12H2,1H3,(H4,22,23,24). The van der Waals surface area contributed by atoms with Crippen molar-refractivity contribution in [3.05, 3.63) is 77.6 Å². The van der Waals surface area contributed by atoms with Crippen molar-refractivity contribution in [2.75, 3.05) is 6.54 Å². The summed E-state index contributed by atoms with van der Waals surface area (Å²) in [6.45, 7) is 3.15. The smallest absolute Gasteiger partial charge is 0.193 e. The van der Waals surface area contributed by atoms with Crippen molar-refractivity contribution < 1.29 is 4.79 Å². The van der Waals surface area contributed by atoms with Crippen LogP contribution in [0.2, 0.25) is 0 Å². The number of nitrogens with two attached hydrogens (primary N) is 2. The van der Waals surface area contributed by atoms with Gasteiger partial charge in [0, 0.05) is 23.9 Å². The molecule has 5 nitrogen and oxygen atoms in total. The van der Waals surface area contributed by atoms with Crippen LogP contribution in [0.25, 0.3) is 0 Å². The van der Waals surface area contributed by atoms with E-state index < -0.39 is 0 Å². The third-order valence-electron chi connectivity index (χ3n) is 4.48. The molecule has 1 aromatic rings. The lowest BCUT2D eigenvalue weighted by Gasteiger charge is -2.34. The topological polar surface area (TPSA) is 84.7 Å². The van der Waals surface area contributed by atoms with Crippen LogP contribution in [-0.4, -0.2) is 29.2 Å². The van der Waals surface area contributed by atoms with Crippen LogP contribution in [0, 0.1) is 0 Å². The predicted octanol–water partition coefficient (Wildman–Crippen LogP) is 3.19. The van der Waals surface area contributed by atoms with Crippen molar-refractivity contribution in [2.45, 2.75) is 25.8 Å². The van der Waals surface area contributed by atoms with Crippen molar-refractivity contribution in [1.82, 2.24) is 4.90 Å². The zero-order valence-corrected chi connectivity index (χ0v) is 14.9. The molecule has 0 amide bonds. The number of carbonyl (C=O) groups is 1. The van der Waals surface area contributed by atoms with Crippen LogP contribution in [0.15, 0.2) is 77.0 Å². The van der Waals surface area contributed by atoms with Gasteiger partial charge >= 0.3 is 0 Å². The monoisotopic (exact) mass is 348 g/mol. The SMILES string of the molecule is CCCCN1C=CC(C(=O)c2cccc(N=C(N)N)c2)=C2C=CC=CC21. The number of ketones is 1. The highest BCUT2D eigenvalue weighted by molar-refractivity contribution is 6.12. The first-order valence-electron chi connectivity index (χ1n) is 8.87. The van der Waals surface area contributed by atoms with Crippen molar-refractivity contribution in [3.8, 4) is 0 Å². The second-order valence-corrected chi connectivity index (χ2v) is 6.38. The first-order chi connectivity index (χ1) is 12.6. The molecule has 1 unspecified atom stereocenters. The number of hydrogen-bond donors (Lipinski definition) is 2. The Balaban J connectivity index is 1.93. The quantitative estimate of drug-likeness (QED) is 0.470. The van der Waals surface area contributed by atoms with Crippen LogP contribution in [0.4, 0.5) is 5.69 Å². The first kappa shape index (κ1) is 17.7. The molecule has 1 heterocycles. The molecule has 0 fully saturated rings. The molecule has 1 atom stereocenters. The van der Waals surface area contributed by atoms with Crippen LogP contribution in [-0.2, 0) is 0 Å². The minimum atomic E-state index is -0.0267. The summed E-state index contributed by atoms with van der Waals surface area (Å²) in [6.07, 6.45) is 14.4. The van der Waals surface area contributed by atoms with E-state index in [9.17, 15) is 4.79 Å². The summed E-state index contributed by atoms with van der Waals surface area (Å²) in [5, 5.41) is 0. The third kappa shape index (κ3) is 3.77. The molecule has 2 aliphatic rings. The lowest BCUT2D eigenvalue weighted by molar-refractivity contribution is 0.103. The van der Waals surface area contributed by atoms with Gasteiger partial charge in [-0.2, -0.15) is 0 Å². The molecule has 134 valence electrons.